The van der Waals surface area contributed by atoms with E-state index < -0.39 is 0 Å². The van der Waals surface area contributed by atoms with Gasteiger partial charge in [0.2, 0.25) is 5.91 Å². The number of hydrogen-bond donors (Lipinski definition) is 3. The quantitative estimate of drug-likeness (QED) is 0.567. The van der Waals surface area contributed by atoms with Gasteiger partial charge >= 0.3 is 5.97 Å². The zero-order valence-electron chi connectivity index (χ0n) is 19.9. The first-order valence-corrected chi connectivity index (χ1v) is 12.5. The number of rotatable bonds is 2. The van der Waals surface area contributed by atoms with Crippen molar-refractivity contribution in [3.05, 3.63) is 35.9 Å². The van der Waals surface area contributed by atoms with Gasteiger partial charge < -0.3 is 20.7 Å². The number of amides is 1. The Bertz CT molecular complexity index is 787. The number of Topliss-reactive ketones (excluding diaryl/α,β-unsaturated/α-hetero) is 2. The summed E-state index contributed by atoms with van der Waals surface area (Å²) >= 11 is 0. The van der Waals surface area contributed by atoms with E-state index in [1.54, 1.807) is 24.3 Å². The topological polar surface area (TPSA) is 114 Å². The van der Waals surface area contributed by atoms with Crippen molar-refractivity contribution in [2.75, 3.05) is 26.2 Å². The third kappa shape index (κ3) is 8.65. The van der Waals surface area contributed by atoms with Crippen molar-refractivity contribution in [3.63, 3.8) is 0 Å². The van der Waals surface area contributed by atoms with Gasteiger partial charge in [-0.2, -0.15) is 0 Å². The second-order valence-electron chi connectivity index (χ2n) is 9.39. The number of nitrogens with one attached hydrogen (secondary N) is 3. The van der Waals surface area contributed by atoms with Crippen LogP contribution in [-0.2, 0) is 19.1 Å². The maximum Gasteiger partial charge on any atom is 0.338 e. The SMILES string of the molecule is C1CNC2(C1)CCNC2.O=C1CCC(OC(=O)c2ccccc2)CC1.O=C1CCNC(=O)CC1. The normalized spacial score (nSPS) is 24.9. The van der Waals surface area contributed by atoms with Crippen LogP contribution in [0.5, 0.6) is 0 Å². The van der Waals surface area contributed by atoms with Crippen LogP contribution >= 0.6 is 0 Å². The highest BCUT2D eigenvalue weighted by Gasteiger charge is 2.35. The molecule has 0 aromatic heterocycles. The van der Waals surface area contributed by atoms with Gasteiger partial charge in [0.25, 0.3) is 0 Å². The van der Waals surface area contributed by atoms with E-state index in [-0.39, 0.29) is 29.5 Å². The number of carbonyl (C=O) groups is 4. The Morgan fingerprint density at radius 1 is 0.853 bits per heavy atom. The first kappa shape index (κ1) is 26.0. The fraction of sp³-hybridized carbons (Fsp3) is 0.615. The maximum atomic E-state index is 11.7. The third-order valence-corrected chi connectivity index (χ3v) is 6.71. The molecule has 3 N–H and O–H groups in total. The Kier molecular flexibility index (Phi) is 10.2. The zero-order valence-corrected chi connectivity index (χ0v) is 19.9. The maximum absolute atomic E-state index is 11.7. The number of ether oxygens (including phenoxy) is 1. The molecular weight excluding hydrogens is 434 g/mol. The van der Waals surface area contributed by atoms with Gasteiger partial charge in [0, 0.05) is 50.7 Å². The molecule has 4 aliphatic rings. The summed E-state index contributed by atoms with van der Waals surface area (Å²) in [6.45, 7) is 4.18. The molecule has 1 spiro atoms. The average molecular weight is 472 g/mol. The summed E-state index contributed by atoms with van der Waals surface area (Å²) in [6, 6.07) is 8.94. The van der Waals surface area contributed by atoms with Gasteiger partial charge in [0.05, 0.1) is 5.56 Å². The van der Waals surface area contributed by atoms with Gasteiger partial charge in [-0.15, -0.1) is 0 Å². The second kappa shape index (κ2) is 13.3. The van der Waals surface area contributed by atoms with E-state index >= 15 is 0 Å². The molecule has 0 radical (unpaired) electrons. The van der Waals surface area contributed by atoms with Crippen LogP contribution in [0.4, 0.5) is 0 Å². The van der Waals surface area contributed by atoms with E-state index in [4.69, 9.17) is 4.74 Å². The number of esters is 1. The van der Waals surface area contributed by atoms with Gasteiger partial charge in [-0.1, -0.05) is 18.2 Å². The molecular formula is C26H37N3O5. The van der Waals surface area contributed by atoms with Crippen LogP contribution in [0.3, 0.4) is 0 Å². The van der Waals surface area contributed by atoms with Gasteiger partial charge in [-0.25, -0.2) is 4.79 Å². The molecule has 1 aliphatic carbocycles. The van der Waals surface area contributed by atoms with Crippen molar-refractivity contribution in [1.82, 2.24) is 16.0 Å². The first-order chi connectivity index (χ1) is 16.5. The van der Waals surface area contributed by atoms with Crippen LogP contribution < -0.4 is 16.0 Å². The monoisotopic (exact) mass is 471 g/mol. The van der Waals surface area contributed by atoms with Crippen LogP contribution in [0.15, 0.2) is 30.3 Å². The lowest BCUT2D eigenvalue weighted by molar-refractivity contribution is -0.123. The largest absolute Gasteiger partial charge is 0.459 e. The molecule has 1 saturated carbocycles. The zero-order chi connectivity index (χ0) is 24.2. The average Bonchev–Trinajstić information content (AvgIpc) is 3.48. The van der Waals surface area contributed by atoms with Gasteiger partial charge in [-0.3, -0.25) is 14.4 Å². The van der Waals surface area contributed by atoms with Gasteiger partial charge in [0.15, 0.2) is 0 Å². The summed E-state index contributed by atoms with van der Waals surface area (Å²) in [7, 11) is 0. The highest BCUT2D eigenvalue weighted by atomic mass is 16.5. The highest BCUT2D eigenvalue weighted by Crippen LogP contribution is 2.24. The van der Waals surface area contributed by atoms with Crippen molar-refractivity contribution in [3.8, 4) is 0 Å². The third-order valence-electron chi connectivity index (χ3n) is 6.71. The Labute approximate surface area is 201 Å². The van der Waals surface area contributed by atoms with Crippen LogP contribution in [0.1, 0.15) is 74.6 Å². The second-order valence-corrected chi connectivity index (χ2v) is 9.39. The molecule has 8 nitrogen and oxygen atoms in total. The predicted molar refractivity (Wildman–Crippen MR) is 128 cm³/mol. The lowest BCUT2D eigenvalue weighted by atomic mass is 9.96. The van der Waals surface area contributed by atoms with Gasteiger partial charge in [0.1, 0.15) is 17.7 Å². The van der Waals surface area contributed by atoms with Crippen molar-refractivity contribution in [1.29, 1.82) is 0 Å². The van der Waals surface area contributed by atoms with E-state index in [1.807, 2.05) is 6.07 Å². The molecule has 34 heavy (non-hydrogen) atoms. The van der Waals surface area contributed by atoms with Crippen molar-refractivity contribution >= 4 is 23.4 Å². The molecule has 1 aromatic carbocycles. The van der Waals surface area contributed by atoms with Crippen molar-refractivity contribution < 1.29 is 23.9 Å². The molecule has 5 rings (SSSR count). The fourth-order valence-electron chi connectivity index (χ4n) is 4.61. The molecule has 1 unspecified atom stereocenters. The summed E-state index contributed by atoms with van der Waals surface area (Å²) in [5.74, 6) is 0.168. The van der Waals surface area contributed by atoms with Crippen LogP contribution in [0, 0.1) is 0 Å². The van der Waals surface area contributed by atoms with Crippen LogP contribution in [0.2, 0.25) is 0 Å². The summed E-state index contributed by atoms with van der Waals surface area (Å²) in [6.07, 6.45) is 7.71. The molecule has 186 valence electrons. The lowest BCUT2D eigenvalue weighted by Crippen LogP contribution is -2.41. The fourth-order valence-corrected chi connectivity index (χ4v) is 4.61. The molecule has 8 heteroatoms. The molecule has 1 aromatic rings. The van der Waals surface area contributed by atoms with E-state index in [0.29, 0.717) is 62.6 Å². The van der Waals surface area contributed by atoms with Crippen molar-refractivity contribution in [2.45, 2.75) is 75.9 Å². The molecule has 3 saturated heterocycles. The molecule has 3 aliphatic heterocycles. The number of ketones is 2. The number of benzene rings is 1. The minimum atomic E-state index is -0.292. The summed E-state index contributed by atoms with van der Waals surface area (Å²) < 4.78 is 5.33. The van der Waals surface area contributed by atoms with Crippen LogP contribution in [-0.4, -0.2) is 61.3 Å². The smallest absolute Gasteiger partial charge is 0.338 e. The molecule has 1 amide bonds. The predicted octanol–water partition coefficient (Wildman–Crippen LogP) is 2.31. The number of carbonyl (C=O) groups excluding carboxylic acids is 4. The summed E-state index contributed by atoms with van der Waals surface area (Å²) in [5.41, 5.74) is 1.10. The molecule has 3 heterocycles. The Morgan fingerprint density at radius 2 is 1.59 bits per heavy atom. The first-order valence-electron chi connectivity index (χ1n) is 12.5. The van der Waals surface area contributed by atoms with E-state index in [0.717, 1.165) is 0 Å². The Balaban J connectivity index is 0.000000153. The molecule has 0 bridgehead atoms. The Hall–Kier alpha value is -2.58. The minimum absolute atomic E-state index is 0.000787. The van der Waals surface area contributed by atoms with Crippen LogP contribution in [0.25, 0.3) is 0 Å². The van der Waals surface area contributed by atoms with Gasteiger partial charge in [-0.05, 0) is 57.3 Å². The Morgan fingerprint density at radius 3 is 2.24 bits per heavy atom. The van der Waals surface area contributed by atoms with E-state index in [9.17, 15) is 19.2 Å². The molecule has 4 fully saturated rings. The summed E-state index contributed by atoms with van der Waals surface area (Å²) in [5, 5.41) is 9.58. The standard InChI is InChI=1S/C13H14O3.C7H14N2.C6H9NO2/c14-11-6-8-12(9-7-11)16-13(15)10-4-2-1-3-5-10;1-2-7(9-4-1)3-5-8-6-7;8-5-1-2-6(9)7-4-3-5/h1-5,12H,6-9H2;8-9H,1-6H2;1-4H2,(H,7,9). The molecule has 1 atom stereocenters. The number of hydrogen-bond acceptors (Lipinski definition) is 7. The summed E-state index contributed by atoms with van der Waals surface area (Å²) in [4.78, 5) is 43.9. The van der Waals surface area contributed by atoms with Crippen molar-refractivity contribution in [2.24, 2.45) is 0 Å². The minimum Gasteiger partial charge on any atom is -0.459 e. The van der Waals surface area contributed by atoms with E-state index in [2.05, 4.69) is 16.0 Å². The van der Waals surface area contributed by atoms with E-state index in [1.165, 1.54) is 38.9 Å². The lowest BCUT2D eigenvalue weighted by Gasteiger charge is -2.21. The highest BCUT2D eigenvalue weighted by molar-refractivity contribution is 5.89.